The monoisotopic (exact) mass is 480 g/mol. The van der Waals surface area contributed by atoms with Crippen LogP contribution in [0.2, 0.25) is 0 Å². The van der Waals surface area contributed by atoms with E-state index in [0.717, 1.165) is 21.3 Å². The van der Waals surface area contributed by atoms with Crippen LogP contribution in [0.5, 0.6) is 5.75 Å². The van der Waals surface area contributed by atoms with E-state index in [9.17, 15) is 14.9 Å². The predicted molar refractivity (Wildman–Crippen MR) is 120 cm³/mol. The first-order valence-electron chi connectivity index (χ1n) is 9.79. The standard InChI is InChI=1S/C24H21BrN2O4/c1-14(28)22-21(15-4-7-17(25)8-5-15)24(13-26,23(29)31-3)20-11-6-16-12-18(30-2)9-10-19(16)27(20)22/h4-12,20-22H,1-3H3/t20-,21+,22+,24+/m0/s1. The van der Waals surface area contributed by atoms with Gasteiger partial charge in [-0.05, 0) is 42.8 Å². The lowest BCUT2D eigenvalue weighted by atomic mass is 9.68. The van der Waals surface area contributed by atoms with Crippen LogP contribution in [0.4, 0.5) is 5.69 Å². The van der Waals surface area contributed by atoms with Crippen molar-refractivity contribution < 1.29 is 19.1 Å². The molecule has 2 heterocycles. The van der Waals surface area contributed by atoms with Crippen molar-refractivity contribution >= 4 is 39.4 Å². The molecule has 2 aliphatic rings. The van der Waals surface area contributed by atoms with Gasteiger partial charge in [0.2, 0.25) is 0 Å². The summed E-state index contributed by atoms with van der Waals surface area (Å²) in [5.41, 5.74) is 0.771. The largest absolute Gasteiger partial charge is 0.497 e. The summed E-state index contributed by atoms with van der Waals surface area (Å²) in [6, 6.07) is 13.8. The molecule has 2 aliphatic heterocycles. The Kier molecular flexibility index (Phi) is 5.36. The fourth-order valence-electron chi connectivity index (χ4n) is 4.90. The molecule has 0 N–H and O–H groups in total. The summed E-state index contributed by atoms with van der Waals surface area (Å²) < 4.78 is 11.3. The van der Waals surface area contributed by atoms with Gasteiger partial charge in [0.25, 0.3) is 0 Å². The Morgan fingerprint density at radius 1 is 1.16 bits per heavy atom. The molecule has 158 valence electrons. The normalized spacial score (nSPS) is 25.9. The maximum atomic E-state index is 13.2. The second-order valence-electron chi connectivity index (χ2n) is 7.69. The third-order valence-corrected chi connectivity index (χ3v) is 6.73. The number of halogens is 1. The van der Waals surface area contributed by atoms with Gasteiger partial charge in [0.15, 0.2) is 11.2 Å². The smallest absolute Gasteiger partial charge is 0.329 e. The van der Waals surface area contributed by atoms with Crippen LogP contribution in [-0.4, -0.2) is 38.1 Å². The molecule has 4 atom stereocenters. The van der Waals surface area contributed by atoms with E-state index in [2.05, 4.69) is 22.0 Å². The van der Waals surface area contributed by atoms with Crippen LogP contribution in [0.15, 0.2) is 53.0 Å². The van der Waals surface area contributed by atoms with Crippen molar-refractivity contribution in [1.29, 1.82) is 5.26 Å². The number of carbonyl (C=O) groups excluding carboxylic acids is 2. The summed E-state index contributed by atoms with van der Waals surface area (Å²) in [6.45, 7) is 1.50. The molecule has 31 heavy (non-hydrogen) atoms. The van der Waals surface area contributed by atoms with Crippen molar-refractivity contribution in [2.45, 2.75) is 24.9 Å². The highest BCUT2D eigenvalue weighted by atomic mass is 79.9. The first kappa shape index (κ1) is 21.1. The molecule has 0 aliphatic carbocycles. The molecule has 1 fully saturated rings. The van der Waals surface area contributed by atoms with Gasteiger partial charge in [-0.1, -0.05) is 40.2 Å². The van der Waals surface area contributed by atoms with Gasteiger partial charge in [-0.15, -0.1) is 0 Å². The number of anilines is 1. The van der Waals surface area contributed by atoms with Crippen molar-refractivity contribution in [3.05, 3.63) is 64.1 Å². The first-order chi connectivity index (χ1) is 14.9. The minimum absolute atomic E-state index is 0.129. The number of carbonyl (C=O) groups is 2. The molecule has 0 aromatic heterocycles. The second kappa shape index (κ2) is 7.86. The summed E-state index contributed by atoms with van der Waals surface area (Å²) in [7, 11) is 2.86. The van der Waals surface area contributed by atoms with Gasteiger partial charge < -0.3 is 14.4 Å². The van der Waals surface area contributed by atoms with Crippen LogP contribution in [0.25, 0.3) is 6.08 Å². The Hall–Kier alpha value is -3.11. The molecule has 7 heteroatoms. The summed E-state index contributed by atoms with van der Waals surface area (Å²) in [5, 5.41) is 10.4. The van der Waals surface area contributed by atoms with E-state index in [1.807, 2.05) is 59.5 Å². The van der Waals surface area contributed by atoms with Crippen molar-refractivity contribution in [2.24, 2.45) is 5.41 Å². The number of Topliss-reactive ketones (excluding diaryl/α,β-unsaturated/α-hetero) is 1. The van der Waals surface area contributed by atoms with Crippen LogP contribution < -0.4 is 9.64 Å². The van der Waals surface area contributed by atoms with Crippen LogP contribution in [0, 0.1) is 16.7 Å². The Balaban J connectivity index is 2.00. The summed E-state index contributed by atoms with van der Waals surface area (Å²) in [4.78, 5) is 28.1. The van der Waals surface area contributed by atoms with Gasteiger partial charge >= 0.3 is 5.97 Å². The van der Waals surface area contributed by atoms with Crippen molar-refractivity contribution in [3.8, 4) is 11.8 Å². The molecule has 6 nitrogen and oxygen atoms in total. The molecular weight excluding hydrogens is 460 g/mol. The van der Waals surface area contributed by atoms with E-state index in [1.165, 1.54) is 14.0 Å². The number of fused-ring (bicyclic) bond motifs is 3. The predicted octanol–water partition coefficient (Wildman–Crippen LogP) is 4.10. The number of benzene rings is 2. The molecule has 1 saturated heterocycles. The summed E-state index contributed by atoms with van der Waals surface area (Å²) >= 11 is 3.43. The lowest BCUT2D eigenvalue weighted by Crippen LogP contribution is -2.46. The van der Waals surface area contributed by atoms with Crippen LogP contribution in [-0.2, 0) is 14.3 Å². The molecule has 0 radical (unpaired) electrons. The van der Waals surface area contributed by atoms with Crippen molar-refractivity contribution in [2.75, 3.05) is 19.1 Å². The quantitative estimate of drug-likeness (QED) is 0.612. The molecule has 4 rings (SSSR count). The molecule has 0 bridgehead atoms. The Morgan fingerprint density at radius 3 is 2.45 bits per heavy atom. The zero-order chi connectivity index (χ0) is 22.3. The van der Waals surface area contributed by atoms with Crippen molar-refractivity contribution in [3.63, 3.8) is 0 Å². The first-order valence-corrected chi connectivity index (χ1v) is 10.6. The van der Waals surface area contributed by atoms with Gasteiger partial charge in [0.1, 0.15) is 5.75 Å². The van der Waals surface area contributed by atoms with Gasteiger partial charge in [0, 0.05) is 21.6 Å². The van der Waals surface area contributed by atoms with Crippen molar-refractivity contribution in [1.82, 2.24) is 0 Å². The Morgan fingerprint density at radius 2 is 1.87 bits per heavy atom. The minimum Gasteiger partial charge on any atom is -0.497 e. The van der Waals surface area contributed by atoms with Gasteiger partial charge in [-0.3, -0.25) is 9.59 Å². The van der Waals surface area contributed by atoms with Crippen LogP contribution >= 0.6 is 15.9 Å². The number of ketones is 1. The third kappa shape index (κ3) is 3.05. The summed E-state index contributed by atoms with van der Waals surface area (Å²) in [5.74, 6) is -0.804. The lowest BCUT2D eigenvalue weighted by Gasteiger charge is -2.36. The molecule has 0 saturated carbocycles. The fourth-order valence-corrected chi connectivity index (χ4v) is 5.16. The van der Waals surface area contributed by atoms with E-state index < -0.39 is 29.4 Å². The van der Waals surface area contributed by atoms with E-state index in [0.29, 0.717) is 5.75 Å². The third-order valence-electron chi connectivity index (χ3n) is 6.20. The Bertz CT molecular complexity index is 1120. The Labute approximate surface area is 189 Å². The van der Waals surface area contributed by atoms with Crippen LogP contribution in [0.1, 0.15) is 24.0 Å². The molecule has 0 amide bonds. The maximum Gasteiger partial charge on any atom is 0.329 e. The zero-order valence-corrected chi connectivity index (χ0v) is 18.9. The van der Waals surface area contributed by atoms with Gasteiger partial charge in [-0.2, -0.15) is 5.26 Å². The molecule has 2 aromatic rings. The van der Waals surface area contributed by atoms with E-state index in [-0.39, 0.29) is 5.78 Å². The topological polar surface area (TPSA) is 79.6 Å². The number of esters is 1. The molecular formula is C24H21BrN2O4. The second-order valence-corrected chi connectivity index (χ2v) is 8.61. The minimum atomic E-state index is -1.59. The molecule has 2 aromatic carbocycles. The fraction of sp³-hybridized carbons (Fsp3) is 0.292. The van der Waals surface area contributed by atoms with Gasteiger partial charge in [0.05, 0.1) is 32.4 Å². The highest BCUT2D eigenvalue weighted by Gasteiger charge is 2.66. The number of methoxy groups -OCH3 is 2. The number of hydrogen-bond donors (Lipinski definition) is 0. The van der Waals surface area contributed by atoms with E-state index >= 15 is 0 Å². The summed E-state index contributed by atoms with van der Waals surface area (Å²) in [6.07, 6.45) is 3.69. The van der Waals surface area contributed by atoms with Crippen LogP contribution in [0.3, 0.4) is 0 Å². The lowest BCUT2D eigenvalue weighted by molar-refractivity contribution is -0.150. The highest BCUT2D eigenvalue weighted by Crippen LogP contribution is 2.56. The molecule has 0 spiro atoms. The maximum absolute atomic E-state index is 13.2. The number of hydrogen-bond acceptors (Lipinski definition) is 6. The zero-order valence-electron chi connectivity index (χ0n) is 17.3. The number of ether oxygens (including phenoxy) is 2. The van der Waals surface area contributed by atoms with E-state index in [4.69, 9.17) is 9.47 Å². The van der Waals surface area contributed by atoms with Gasteiger partial charge in [-0.25, -0.2) is 0 Å². The number of nitriles is 1. The SMILES string of the molecule is COC(=O)[C@@]1(C#N)[C@H](c2ccc(Br)cc2)[C@@H](C(C)=O)N2c3ccc(OC)cc3C=C[C@H]21. The van der Waals surface area contributed by atoms with E-state index in [1.54, 1.807) is 7.11 Å². The highest BCUT2D eigenvalue weighted by molar-refractivity contribution is 9.10. The average molecular weight is 481 g/mol. The average Bonchev–Trinajstić information content (AvgIpc) is 3.10. The number of rotatable bonds is 4. The molecule has 0 unspecified atom stereocenters. The number of nitrogens with zero attached hydrogens (tertiary/aromatic N) is 2.